The molecule has 3 N–H and O–H groups in total. The molecule has 2 fully saturated rings. The Morgan fingerprint density at radius 1 is 1.03 bits per heavy atom. The number of aromatic nitrogens is 1. The van der Waals surface area contributed by atoms with Crippen LogP contribution >= 0.6 is 0 Å². The van der Waals surface area contributed by atoms with Gasteiger partial charge in [0, 0.05) is 24.3 Å². The van der Waals surface area contributed by atoms with Gasteiger partial charge in [0.2, 0.25) is 10.0 Å². The normalized spacial score (nSPS) is 19.2. The highest BCUT2D eigenvalue weighted by Gasteiger charge is 2.53. The molecule has 1 amide bonds. The van der Waals surface area contributed by atoms with Crippen molar-refractivity contribution in [2.75, 3.05) is 23.3 Å². The molecule has 8 nitrogen and oxygen atoms in total. The van der Waals surface area contributed by atoms with Gasteiger partial charge in [-0.1, -0.05) is 6.07 Å². The summed E-state index contributed by atoms with van der Waals surface area (Å²) in [7, 11) is -3.86. The van der Waals surface area contributed by atoms with Crippen molar-refractivity contribution in [2.24, 2.45) is 5.41 Å². The average molecular weight is 555 g/mol. The largest absolute Gasteiger partial charge is 0.422 e. The Balaban J connectivity index is 1.65. The lowest BCUT2D eigenvalue weighted by Gasteiger charge is -2.35. The lowest BCUT2D eigenvalue weighted by Crippen LogP contribution is -2.41. The number of sulfonamides is 1. The highest BCUT2D eigenvalue weighted by Crippen LogP contribution is 2.54. The topological polar surface area (TPSA) is 112 Å². The first-order chi connectivity index (χ1) is 17.4. The summed E-state index contributed by atoms with van der Waals surface area (Å²) < 4.78 is 68.7. The predicted molar refractivity (Wildman–Crippen MR) is 137 cm³/mol. The number of nitrogens with zero attached hydrogens (tertiary/aromatic N) is 2. The third-order valence-corrected chi connectivity index (χ3v) is 8.85. The van der Waals surface area contributed by atoms with Gasteiger partial charge in [-0.3, -0.25) is 4.79 Å². The van der Waals surface area contributed by atoms with Gasteiger partial charge < -0.3 is 15.3 Å². The van der Waals surface area contributed by atoms with Crippen LogP contribution in [0.15, 0.2) is 41.3 Å². The third-order valence-electron chi connectivity index (χ3n) is 7.09. The molecule has 1 saturated heterocycles. The number of anilines is 2. The molecule has 1 atom stereocenters. The number of amides is 1. The number of rotatable bonds is 6. The van der Waals surface area contributed by atoms with Crippen molar-refractivity contribution in [3.8, 4) is 0 Å². The molecule has 1 aromatic carbocycles. The molecule has 1 aromatic heterocycles. The van der Waals surface area contributed by atoms with Gasteiger partial charge in [0.25, 0.3) is 5.91 Å². The smallest absolute Gasteiger partial charge is 0.375 e. The van der Waals surface area contributed by atoms with Crippen LogP contribution in [0.25, 0.3) is 0 Å². The summed E-state index contributed by atoms with van der Waals surface area (Å²) in [6, 6.07) is 7.91. The van der Waals surface area contributed by atoms with E-state index in [1.807, 2.05) is 0 Å². The van der Waals surface area contributed by atoms with Crippen molar-refractivity contribution < 1.29 is 31.5 Å². The number of hydrogen-bond acceptors (Lipinski definition) is 6. The van der Waals surface area contributed by atoms with E-state index in [0.29, 0.717) is 20.0 Å². The minimum absolute atomic E-state index is 0.0274. The Morgan fingerprint density at radius 3 is 2.21 bits per heavy atom. The van der Waals surface area contributed by atoms with Crippen molar-refractivity contribution in [3.63, 3.8) is 0 Å². The third kappa shape index (κ3) is 5.97. The SMILES string of the molecule is CC(C)(C)NS(=O)(=O)c1cccc(NC(=O)c2ccc([C@](C)(O)C(F)(F)F)nc2N2CCC3(CC2)CC3)c1. The molecule has 2 aliphatic rings. The standard InChI is InChI=1S/C26H33F3N4O4S/c1-23(2,3)32-38(36,37)18-7-5-6-17(16-18)30-22(34)19-8-9-20(24(4,35)26(27,28)29)31-21(19)33-14-12-25(10-11-25)13-15-33/h5-9,16,32,35H,10-15H2,1-4H3,(H,30,34)/t24-/m0/s1. The molecule has 2 heterocycles. The molecule has 1 spiro atoms. The van der Waals surface area contributed by atoms with Gasteiger partial charge in [-0.05, 0) is 89.1 Å². The van der Waals surface area contributed by atoms with Crippen LogP contribution in [-0.4, -0.2) is 49.2 Å². The van der Waals surface area contributed by atoms with Crippen LogP contribution in [0.4, 0.5) is 24.7 Å². The Hall–Kier alpha value is -2.70. The molecular formula is C26H33F3N4O4S. The number of carbonyl (C=O) groups is 1. The van der Waals surface area contributed by atoms with Crippen molar-refractivity contribution >= 4 is 27.4 Å². The second kappa shape index (κ2) is 9.49. The number of aliphatic hydroxyl groups is 1. The van der Waals surface area contributed by atoms with Crippen LogP contribution in [0.2, 0.25) is 0 Å². The summed E-state index contributed by atoms with van der Waals surface area (Å²) in [5.74, 6) is -0.603. The van der Waals surface area contributed by atoms with Crippen LogP contribution in [0.5, 0.6) is 0 Å². The van der Waals surface area contributed by atoms with Gasteiger partial charge in [-0.25, -0.2) is 18.1 Å². The molecule has 2 aromatic rings. The molecule has 1 aliphatic carbocycles. The molecule has 1 aliphatic heterocycles. The lowest BCUT2D eigenvalue weighted by atomic mass is 9.93. The fraction of sp³-hybridized carbons (Fsp3) is 0.538. The van der Waals surface area contributed by atoms with Crippen LogP contribution in [0.3, 0.4) is 0 Å². The van der Waals surface area contributed by atoms with Crippen molar-refractivity contribution in [3.05, 3.63) is 47.7 Å². The molecule has 0 radical (unpaired) electrons. The molecule has 1 saturated carbocycles. The number of nitrogens with one attached hydrogen (secondary N) is 2. The number of piperidine rings is 1. The summed E-state index contributed by atoms with van der Waals surface area (Å²) in [6.07, 6.45) is -1.04. The number of alkyl halides is 3. The lowest BCUT2D eigenvalue weighted by molar-refractivity contribution is -0.260. The van der Waals surface area contributed by atoms with Crippen LogP contribution in [-0.2, 0) is 15.6 Å². The van der Waals surface area contributed by atoms with Crippen LogP contribution < -0.4 is 14.9 Å². The Bertz CT molecular complexity index is 1320. The summed E-state index contributed by atoms with van der Waals surface area (Å²) in [5, 5.41) is 12.9. The fourth-order valence-corrected chi connectivity index (χ4v) is 6.02. The Labute approximate surface area is 220 Å². The van der Waals surface area contributed by atoms with E-state index in [9.17, 15) is 31.5 Å². The second-order valence-electron chi connectivity index (χ2n) is 11.5. The quantitative estimate of drug-likeness (QED) is 0.483. The summed E-state index contributed by atoms with van der Waals surface area (Å²) in [6.45, 7) is 6.79. The van der Waals surface area contributed by atoms with E-state index in [2.05, 4.69) is 15.0 Å². The average Bonchev–Trinajstić information content (AvgIpc) is 3.55. The Morgan fingerprint density at radius 2 is 1.66 bits per heavy atom. The van der Waals surface area contributed by atoms with E-state index in [1.54, 1.807) is 25.7 Å². The van der Waals surface area contributed by atoms with E-state index in [4.69, 9.17) is 0 Å². The van der Waals surface area contributed by atoms with Crippen molar-refractivity contribution in [1.29, 1.82) is 0 Å². The van der Waals surface area contributed by atoms with E-state index in [1.165, 1.54) is 30.3 Å². The van der Waals surface area contributed by atoms with Crippen LogP contribution in [0.1, 0.15) is 69.4 Å². The summed E-state index contributed by atoms with van der Waals surface area (Å²) in [4.78, 5) is 19.2. The maximum atomic E-state index is 13.5. The molecular weight excluding hydrogens is 521 g/mol. The van der Waals surface area contributed by atoms with Gasteiger partial charge in [-0.15, -0.1) is 0 Å². The van der Waals surface area contributed by atoms with Crippen molar-refractivity contribution in [2.45, 2.75) is 75.6 Å². The first-order valence-electron chi connectivity index (χ1n) is 12.4. The zero-order valence-corrected chi connectivity index (χ0v) is 22.6. The van der Waals surface area contributed by atoms with Gasteiger partial charge in [0.15, 0.2) is 5.60 Å². The highest BCUT2D eigenvalue weighted by atomic mass is 32.2. The monoisotopic (exact) mass is 554 g/mol. The number of halogens is 3. The highest BCUT2D eigenvalue weighted by molar-refractivity contribution is 7.89. The maximum Gasteiger partial charge on any atom is 0.422 e. The Kier molecular flexibility index (Phi) is 7.07. The first kappa shape index (κ1) is 28.3. The predicted octanol–water partition coefficient (Wildman–Crippen LogP) is 4.56. The molecule has 208 valence electrons. The summed E-state index contributed by atoms with van der Waals surface area (Å²) >= 11 is 0. The molecule has 38 heavy (non-hydrogen) atoms. The fourth-order valence-electron chi connectivity index (χ4n) is 4.55. The maximum absolute atomic E-state index is 13.5. The minimum atomic E-state index is -4.96. The van der Waals surface area contributed by atoms with Gasteiger partial charge in [0.1, 0.15) is 5.82 Å². The number of carbonyl (C=O) groups excluding carboxylic acids is 1. The van der Waals surface area contributed by atoms with Gasteiger partial charge >= 0.3 is 6.18 Å². The van der Waals surface area contributed by atoms with Crippen molar-refractivity contribution in [1.82, 2.24) is 9.71 Å². The molecule has 4 rings (SSSR count). The zero-order chi connectivity index (χ0) is 28.1. The molecule has 0 unspecified atom stereocenters. The van der Waals surface area contributed by atoms with E-state index in [0.717, 1.165) is 31.7 Å². The molecule has 0 bridgehead atoms. The zero-order valence-electron chi connectivity index (χ0n) is 21.8. The van der Waals surface area contributed by atoms with E-state index in [-0.39, 0.29) is 27.4 Å². The minimum Gasteiger partial charge on any atom is -0.375 e. The second-order valence-corrected chi connectivity index (χ2v) is 13.1. The number of pyridine rings is 1. The summed E-state index contributed by atoms with van der Waals surface area (Å²) in [5.41, 5.74) is -4.02. The number of benzene rings is 1. The van der Waals surface area contributed by atoms with Gasteiger partial charge in [0.05, 0.1) is 16.2 Å². The number of hydrogen-bond donors (Lipinski definition) is 3. The first-order valence-corrected chi connectivity index (χ1v) is 13.9. The van der Waals surface area contributed by atoms with Crippen LogP contribution in [0, 0.1) is 5.41 Å². The van der Waals surface area contributed by atoms with E-state index >= 15 is 0 Å². The van der Waals surface area contributed by atoms with Gasteiger partial charge in [-0.2, -0.15) is 13.2 Å². The van der Waals surface area contributed by atoms with E-state index < -0.39 is 38.9 Å². The molecule has 12 heteroatoms.